The molecular weight excluding hydrogens is 262 g/mol. The molecule has 0 heterocycles. The van der Waals surface area contributed by atoms with Gasteiger partial charge >= 0.3 is 0 Å². The van der Waals surface area contributed by atoms with Crippen LogP contribution in [-0.4, -0.2) is 17.6 Å². The molecule has 3 nitrogen and oxygen atoms in total. The second-order valence-electron chi connectivity index (χ2n) is 6.66. The maximum Gasteiger partial charge on any atom is 0.224 e. The van der Waals surface area contributed by atoms with Gasteiger partial charge in [0.1, 0.15) is 6.61 Å². The summed E-state index contributed by atoms with van der Waals surface area (Å²) in [6.45, 7) is 8.50. The van der Waals surface area contributed by atoms with Crippen LogP contribution in [-0.2, 0) is 4.79 Å². The molecule has 0 radical (unpaired) electrons. The Morgan fingerprint density at radius 1 is 1.38 bits per heavy atom. The van der Waals surface area contributed by atoms with Crippen molar-refractivity contribution >= 4 is 11.6 Å². The van der Waals surface area contributed by atoms with E-state index < -0.39 is 0 Å². The van der Waals surface area contributed by atoms with Gasteiger partial charge in [-0.15, -0.1) is 0 Å². The monoisotopic (exact) mass is 287 g/mol. The quantitative estimate of drug-likeness (QED) is 0.834. The maximum absolute atomic E-state index is 12.0. The van der Waals surface area contributed by atoms with Gasteiger partial charge < -0.3 is 10.4 Å². The van der Waals surface area contributed by atoms with Crippen molar-refractivity contribution in [3.05, 3.63) is 29.8 Å². The molecule has 0 aliphatic carbocycles. The van der Waals surface area contributed by atoms with Crippen LogP contribution in [0, 0.1) is 23.2 Å². The fourth-order valence-electron chi connectivity index (χ4n) is 2.46. The molecule has 0 saturated carbocycles. The first kappa shape index (κ1) is 17.3. The SMILES string of the molecule is CC(CC(=O)Nc1cccc(C#CCO)c1)CC(C)(C)C. The number of carbonyl (C=O) groups is 1. The average Bonchev–Trinajstić information content (AvgIpc) is 2.34. The summed E-state index contributed by atoms with van der Waals surface area (Å²) < 4.78 is 0. The second-order valence-corrected chi connectivity index (χ2v) is 6.66. The third kappa shape index (κ3) is 7.53. The number of carbonyl (C=O) groups excluding carboxylic acids is 1. The van der Waals surface area contributed by atoms with Crippen molar-refractivity contribution in [2.75, 3.05) is 11.9 Å². The molecule has 1 unspecified atom stereocenters. The molecule has 1 aromatic carbocycles. The number of nitrogens with one attached hydrogen (secondary N) is 1. The van der Waals surface area contributed by atoms with E-state index in [9.17, 15) is 4.79 Å². The predicted molar refractivity (Wildman–Crippen MR) is 86.9 cm³/mol. The highest BCUT2D eigenvalue weighted by atomic mass is 16.2. The largest absolute Gasteiger partial charge is 0.384 e. The van der Waals surface area contributed by atoms with Gasteiger partial charge in [-0.3, -0.25) is 4.79 Å². The highest BCUT2D eigenvalue weighted by Crippen LogP contribution is 2.26. The van der Waals surface area contributed by atoms with Crippen molar-refractivity contribution in [1.29, 1.82) is 0 Å². The van der Waals surface area contributed by atoms with Crippen molar-refractivity contribution in [3.8, 4) is 11.8 Å². The zero-order valence-electron chi connectivity index (χ0n) is 13.4. The summed E-state index contributed by atoms with van der Waals surface area (Å²) in [5, 5.41) is 11.6. The number of aliphatic hydroxyl groups is 1. The molecule has 0 fully saturated rings. The van der Waals surface area contributed by atoms with E-state index in [-0.39, 0.29) is 17.9 Å². The van der Waals surface area contributed by atoms with Gasteiger partial charge in [-0.1, -0.05) is 45.6 Å². The molecule has 114 valence electrons. The molecule has 1 atom stereocenters. The van der Waals surface area contributed by atoms with E-state index in [1.54, 1.807) is 0 Å². The zero-order valence-corrected chi connectivity index (χ0v) is 13.4. The Morgan fingerprint density at radius 2 is 2.10 bits per heavy atom. The van der Waals surface area contributed by atoms with Gasteiger partial charge in [-0.2, -0.15) is 0 Å². The van der Waals surface area contributed by atoms with Crippen LogP contribution >= 0.6 is 0 Å². The Labute approximate surface area is 127 Å². The number of rotatable bonds is 4. The van der Waals surface area contributed by atoms with Crippen molar-refractivity contribution in [2.24, 2.45) is 11.3 Å². The van der Waals surface area contributed by atoms with Gasteiger partial charge in [0, 0.05) is 17.7 Å². The van der Waals surface area contributed by atoms with Crippen LogP contribution in [0.4, 0.5) is 5.69 Å². The summed E-state index contributed by atoms with van der Waals surface area (Å²) in [7, 11) is 0. The van der Waals surface area contributed by atoms with Crippen LogP contribution in [0.1, 0.15) is 46.1 Å². The summed E-state index contributed by atoms with van der Waals surface area (Å²) >= 11 is 0. The van der Waals surface area contributed by atoms with Gasteiger partial charge in [0.25, 0.3) is 0 Å². The first-order valence-corrected chi connectivity index (χ1v) is 7.30. The number of hydrogen-bond acceptors (Lipinski definition) is 2. The Morgan fingerprint density at radius 3 is 2.71 bits per heavy atom. The standard InChI is InChI=1S/C18H25NO2/c1-14(13-18(2,3)4)11-17(21)19-16-9-5-7-15(12-16)8-6-10-20/h5,7,9,12,14,20H,10-11,13H2,1-4H3,(H,19,21). The molecule has 3 heteroatoms. The minimum atomic E-state index is -0.166. The molecule has 0 saturated heterocycles. The van der Waals surface area contributed by atoms with Crippen molar-refractivity contribution < 1.29 is 9.90 Å². The van der Waals surface area contributed by atoms with Crippen molar-refractivity contribution in [2.45, 2.75) is 40.5 Å². The lowest BCUT2D eigenvalue weighted by atomic mass is 9.84. The predicted octanol–water partition coefficient (Wildman–Crippen LogP) is 3.43. The van der Waals surface area contributed by atoms with E-state index in [0.717, 1.165) is 17.7 Å². The Balaban J connectivity index is 2.59. The van der Waals surface area contributed by atoms with E-state index in [1.165, 1.54) is 0 Å². The summed E-state index contributed by atoms with van der Waals surface area (Å²) in [6.07, 6.45) is 1.53. The molecule has 21 heavy (non-hydrogen) atoms. The Kier molecular flexibility index (Phi) is 6.45. The molecule has 1 rings (SSSR count). The minimum Gasteiger partial charge on any atom is -0.384 e. The molecular formula is C18H25NO2. The van der Waals surface area contributed by atoms with E-state index in [2.05, 4.69) is 44.9 Å². The van der Waals surface area contributed by atoms with Gasteiger partial charge in [-0.05, 0) is 36.0 Å². The maximum atomic E-state index is 12.0. The summed E-state index contributed by atoms with van der Waals surface area (Å²) in [4.78, 5) is 12.0. The summed E-state index contributed by atoms with van der Waals surface area (Å²) in [6, 6.07) is 7.35. The number of anilines is 1. The third-order valence-electron chi connectivity index (χ3n) is 2.95. The normalized spacial score (nSPS) is 12.2. The van der Waals surface area contributed by atoms with Crippen molar-refractivity contribution in [3.63, 3.8) is 0 Å². The molecule has 0 aliphatic heterocycles. The van der Waals surface area contributed by atoms with E-state index >= 15 is 0 Å². The second kappa shape index (κ2) is 7.85. The van der Waals surface area contributed by atoms with E-state index in [0.29, 0.717) is 12.3 Å². The van der Waals surface area contributed by atoms with Gasteiger partial charge in [0.2, 0.25) is 5.91 Å². The third-order valence-corrected chi connectivity index (χ3v) is 2.95. The van der Waals surface area contributed by atoms with Crippen LogP contribution in [0.3, 0.4) is 0 Å². The lowest BCUT2D eigenvalue weighted by Crippen LogP contribution is -2.18. The average molecular weight is 287 g/mol. The minimum absolute atomic E-state index is 0.0269. The lowest BCUT2D eigenvalue weighted by molar-refractivity contribution is -0.117. The smallest absolute Gasteiger partial charge is 0.224 e. The first-order chi connectivity index (χ1) is 9.80. The number of hydrogen-bond donors (Lipinski definition) is 2. The molecule has 0 spiro atoms. The van der Waals surface area contributed by atoms with Gasteiger partial charge in [0.15, 0.2) is 0 Å². The van der Waals surface area contributed by atoms with Crippen molar-refractivity contribution in [1.82, 2.24) is 0 Å². The van der Waals surface area contributed by atoms with Crippen LogP contribution in [0.15, 0.2) is 24.3 Å². The summed E-state index contributed by atoms with van der Waals surface area (Å²) in [5.74, 6) is 5.80. The fraction of sp³-hybridized carbons (Fsp3) is 0.500. The van der Waals surface area contributed by atoms with Crippen LogP contribution in [0.25, 0.3) is 0 Å². The highest BCUT2D eigenvalue weighted by molar-refractivity contribution is 5.91. The van der Waals surface area contributed by atoms with Crippen LogP contribution in [0.2, 0.25) is 0 Å². The Bertz CT molecular complexity index is 532. The summed E-state index contributed by atoms with van der Waals surface area (Å²) in [5.41, 5.74) is 1.76. The highest BCUT2D eigenvalue weighted by Gasteiger charge is 2.17. The molecule has 1 amide bonds. The van der Waals surface area contributed by atoms with Crippen LogP contribution < -0.4 is 5.32 Å². The molecule has 0 bridgehead atoms. The van der Waals surface area contributed by atoms with E-state index in [4.69, 9.17) is 5.11 Å². The molecule has 0 aromatic heterocycles. The molecule has 1 aromatic rings. The number of benzene rings is 1. The molecule has 2 N–H and O–H groups in total. The first-order valence-electron chi connectivity index (χ1n) is 7.30. The lowest BCUT2D eigenvalue weighted by Gasteiger charge is -2.22. The Hall–Kier alpha value is -1.79. The number of aliphatic hydroxyl groups excluding tert-OH is 1. The van der Waals surface area contributed by atoms with Crippen LogP contribution in [0.5, 0.6) is 0 Å². The van der Waals surface area contributed by atoms with E-state index in [1.807, 2.05) is 24.3 Å². The van der Waals surface area contributed by atoms with Gasteiger partial charge in [-0.25, -0.2) is 0 Å². The molecule has 0 aliphatic rings. The zero-order chi connectivity index (χ0) is 15.9. The van der Waals surface area contributed by atoms with Gasteiger partial charge in [0.05, 0.1) is 0 Å². The fourth-order valence-corrected chi connectivity index (χ4v) is 2.46. The topological polar surface area (TPSA) is 49.3 Å². The number of amides is 1.